The van der Waals surface area contributed by atoms with Gasteiger partial charge in [0.05, 0.1) is 121 Å². The molecule has 33 heteroatoms. The van der Waals surface area contributed by atoms with Gasteiger partial charge in [-0.05, 0) is 300 Å². The summed E-state index contributed by atoms with van der Waals surface area (Å²) in [6.07, 6.45) is 5.91. The first-order valence-electron chi connectivity index (χ1n) is 43.8. The van der Waals surface area contributed by atoms with Crippen LogP contribution in [0.4, 0.5) is 0 Å². The van der Waals surface area contributed by atoms with Crippen molar-refractivity contribution in [3.63, 3.8) is 0 Å². The Kier molecular flexibility index (Phi) is 34.0. The number of nitrogens with one attached hydrogen (secondary N) is 7. The number of pyridine rings is 1. The van der Waals surface area contributed by atoms with E-state index >= 15 is 0 Å². The maximum atomic E-state index is 12.8. The van der Waals surface area contributed by atoms with Crippen LogP contribution in [-0.4, -0.2) is 99.3 Å². The van der Waals surface area contributed by atoms with Gasteiger partial charge in [-0.15, -0.1) is 0 Å². The SMILES string of the molecule is CCCn1c(=S)[nH]c2cc(OC)c(OC)cc2c1=O.CCOCCCn1c(=S)[nH]c2c(C)cccc2c1=O.CCc1ccccc1-n1c(=S)[nH]c2ccccc2c1=O.Cc1ccc(-n2c(=S)[nH]c3ccccc3c2=O)cc1C.Cc1cccc(-n2c(=S)[nH]c3cc(Cl)ccc3c2=O)c1C.O=c1c2ccccc2[nH]c(=S)n1Cc1ccccc1.O=c1c2ccccc2[nH]c(=S)n1Cc1cccnc1. The zero-order valence-corrected chi connectivity index (χ0v) is 83.1. The van der Waals surface area contributed by atoms with Gasteiger partial charge in [-0.25, -0.2) is 0 Å². The molecule has 8 heterocycles. The third kappa shape index (κ3) is 23.4. The molecule has 0 bridgehead atoms. The van der Waals surface area contributed by atoms with Crippen LogP contribution in [0.3, 0.4) is 0 Å². The van der Waals surface area contributed by atoms with E-state index in [-0.39, 0.29) is 38.9 Å². The predicted molar refractivity (Wildman–Crippen MR) is 569 cm³/mol. The summed E-state index contributed by atoms with van der Waals surface area (Å²) in [7, 11) is 3.09. The Labute approximate surface area is 826 Å². The first-order valence-corrected chi connectivity index (χ1v) is 47.0. The number of fused-ring (bicyclic) bond motifs is 7. The minimum Gasteiger partial charge on any atom is -0.493 e. The van der Waals surface area contributed by atoms with Crippen molar-refractivity contribution in [3.05, 3.63) is 417 Å². The smallest absolute Gasteiger partial charge is 0.266 e. The van der Waals surface area contributed by atoms with Crippen LogP contribution in [-0.2, 0) is 37.3 Å². The van der Waals surface area contributed by atoms with Crippen molar-refractivity contribution >= 4 is 173 Å². The molecule has 0 atom stereocenters. The highest BCUT2D eigenvalue weighted by Gasteiger charge is 2.18. The van der Waals surface area contributed by atoms with Gasteiger partial charge < -0.3 is 49.1 Å². The van der Waals surface area contributed by atoms with E-state index in [1.165, 1.54) is 10.1 Å². The van der Waals surface area contributed by atoms with Crippen LogP contribution in [0.5, 0.6) is 11.5 Å². The van der Waals surface area contributed by atoms with Gasteiger partial charge in [0.25, 0.3) is 38.9 Å². The van der Waals surface area contributed by atoms with E-state index in [0.717, 1.165) is 103 Å². The van der Waals surface area contributed by atoms with Crippen LogP contribution in [0.1, 0.15) is 78.1 Å². The molecule has 0 radical (unpaired) electrons. The molecule has 25 nitrogen and oxygen atoms in total. The molecule has 0 amide bonds. The number of nitrogens with zero attached hydrogens (tertiary/aromatic N) is 8. The fourth-order valence-corrected chi connectivity index (χ4v) is 17.4. The fraction of sp³-hybridized carbons (Fsp3) is 0.183. The molecule has 0 saturated carbocycles. The number of hydrogen-bond donors (Lipinski definition) is 7. The Morgan fingerprint density at radius 3 is 1.36 bits per heavy atom. The van der Waals surface area contributed by atoms with Gasteiger partial charge in [0.1, 0.15) is 0 Å². The monoisotopic (exact) mass is 1980 g/mol. The van der Waals surface area contributed by atoms with Crippen LogP contribution in [0, 0.1) is 68.0 Å². The summed E-state index contributed by atoms with van der Waals surface area (Å²) >= 11 is 43.0. The maximum absolute atomic E-state index is 12.8. The first kappa shape index (κ1) is 100. The van der Waals surface area contributed by atoms with Gasteiger partial charge in [-0.1, -0.05) is 159 Å². The molecule has 11 aromatic carbocycles. The molecule has 0 unspecified atom stereocenters. The number of benzene rings is 11. The topological polar surface area (TPSA) is 305 Å². The average Bonchev–Trinajstić information content (AvgIpc) is 0.764. The Bertz CT molecular complexity index is 8530. The van der Waals surface area contributed by atoms with Crippen molar-refractivity contribution in [2.75, 3.05) is 27.4 Å². The highest BCUT2D eigenvalue weighted by molar-refractivity contribution is 7.72. The zero-order valence-electron chi connectivity index (χ0n) is 76.6. The number of methoxy groups -OCH3 is 2. The van der Waals surface area contributed by atoms with E-state index in [2.05, 4.69) is 46.8 Å². The fourth-order valence-electron chi connectivity index (χ4n) is 15.3. The molecular formula is C104H98ClN15O10S7. The van der Waals surface area contributed by atoms with Crippen LogP contribution >= 0.6 is 97.1 Å². The second-order valence-corrected chi connectivity index (χ2v) is 34.8. The van der Waals surface area contributed by atoms with Gasteiger partial charge in [0, 0.05) is 49.8 Å². The second-order valence-electron chi connectivity index (χ2n) is 31.6. The number of halogens is 1. The summed E-state index contributed by atoms with van der Waals surface area (Å²) in [6.45, 7) is 19.5. The van der Waals surface area contributed by atoms with Gasteiger partial charge in [0.15, 0.2) is 44.9 Å². The van der Waals surface area contributed by atoms with Crippen molar-refractivity contribution < 1.29 is 14.2 Å². The van der Waals surface area contributed by atoms with Crippen molar-refractivity contribution in [2.45, 2.75) is 101 Å². The van der Waals surface area contributed by atoms with Crippen molar-refractivity contribution in [1.82, 2.24) is 71.8 Å². The standard InChI is InChI=1S/C16H13ClN2OS.2C16H14N2OS.C15H12N2OS.C14H11N3OS.C14H18N2O2S.C13H16N2O3S/c1-9-4-3-5-14(10(9)2)19-15(20)12-7-6-11(17)8-13(12)18-16(19)21;1-10-7-8-12(9-11(10)2)18-15(19)13-5-3-4-6-14(13)17-16(18)20;1-2-11-7-3-6-10-14(11)18-15(19)12-8-4-5-9-13(12)17-16(18)20;18-14-12-8-4-5-9-13(12)16-15(19)17(14)10-11-6-2-1-3-7-11;18-13-11-5-1-2-6-12(11)16-14(19)17(13)9-10-4-3-7-15-8-10;1-3-18-9-5-8-16-13(17)11-7-4-6-10(2)12(11)15-14(16)19;1-4-5-15-12(16)8-6-10(17-2)11(18-3)7-9(8)14-13(15)19/h3-8H,1-2H3,(H,18,21);3-9H,1-2H3,(H,17,20);3-10H,2H2,1H3,(H,17,20);1-9H,10H2,(H,16,19);1-8H,9H2,(H,16,19);4,6-7H,3,5,8-9H2,1-2H3,(H,15,19);6-7H,4-5H2,1-3H3,(H,14,19). The van der Waals surface area contributed by atoms with Crippen LogP contribution in [0.2, 0.25) is 5.02 Å². The minimum absolute atomic E-state index is 0.0288. The molecule has 19 rings (SSSR count). The largest absolute Gasteiger partial charge is 0.493 e. The quantitative estimate of drug-likeness (QED) is 0.0329. The van der Waals surface area contributed by atoms with Crippen molar-refractivity contribution in [1.29, 1.82) is 0 Å². The van der Waals surface area contributed by atoms with E-state index in [0.29, 0.717) is 138 Å². The normalized spacial score (nSPS) is 10.9. The van der Waals surface area contributed by atoms with Crippen LogP contribution in [0.25, 0.3) is 93.4 Å². The van der Waals surface area contributed by atoms with E-state index in [1.54, 1.807) is 96.5 Å². The van der Waals surface area contributed by atoms with E-state index < -0.39 is 0 Å². The van der Waals surface area contributed by atoms with Gasteiger partial charge >= 0.3 is 0 Å². The Balaban J connectivity index is 0.000000135. The summed E-state index contributed by atoms with van der Waals surface area (Å²) in [4.78, 5) is 113. The molecule has 0 spiro atoms. The number of ether oxygens (including phenoxy) is 3. The Hall–Kier alpha value is -14.1. The van der Waals surface area contributed by atoms with Gasteiger partial charge in [-0.2, -0.15) is 0 Å². The lowest BCUT2D eigenvalue weighted by Crippen LogP contribution is -2.23. The summed E-state index contributed by atoms with van der Waals surface area (Å²) in [5, 5.41) is 4.94. The molecule has 8 aromatic heterocycles. The summed E-state index contributed by atoms with van der Waals surface area (Å²) < 4.78 is 29.7. The van der Waals surface area contributed by atoms with E-state index in [1.807, 2.05) is 255 Å². The maximum Gasteiger partial charge on any atom is 0.266 e. The van der Waals surface area contributed by atoms with Gasteiger partial charge in [-0.3, -0.25) is 70.5 Å². The second kappa shape index (κ2) is 46.5. The number of rotatable bonds is 17. The first-order chi connectivity index (χ1) is 66.1. The van der Waals surface area contributed by atoms with Crippen molar-refractivity contribution in [2.24, 2.45) is 0 Å². The highest BCUT2D eigenvalue weighted by atomic mass is 35.5. The van der Waals surface area contributed by atoms with Gasteiger partial charge in [0.2, 0.25) is 0 Å². The summed E-state index contributed by atoms with van der Waals surface area (Å²) in [6, 6.07) is 77.0. The molecule has 19 aromatic rings. The molecule has 7 N–H and O–H groups in total. The number of aryl methyl sites for hydroxylation is 5. The Morgan fingerprint density at radius 1 is 0.350 bits per heavy atom. The lowest BCUT2D eigenvalue weighted by atomic mass is 10.1. The molecule has 0 aliphatic carbocycles. The summed E-state index contributed by atoms with van der Waals surface area (Å²) in [5.74, 6) is 1.09. The molecule has 0 fully saturated rings. The molecule has 0 saturated heterocycles. The minimum atomic E-state index is -0.140. The number of aromatic nitrogens is 15. The number of hydrogen-bond acceptors (Lipinski definition) is 18. The number of para-hydroxylation sites is 6. The van der Waals surface area contributed by atoms with E-state index in [9.17, 15) is 33.6 Å². The Morgan fingerprint density at radius 2 is 0.788 bits per heavy atom. The van der Waals surface area contributed by atoms with Crippen LogP contribution in [0.15, 0.2) is 295 Å². The molecule has 698 valence electrons. The van der Waals surface area contributed by atoms with Crippen molar-refractivity contribution in [3.8, 4) is 28.6 Å². The molecule has 0 aliphatic rings. The average molecular weight is 1980 g/mol. The third-order valence-corrected chi connectivity index (χ3v) is 25.1. The van der Waals surface area contributed by atoms with E-state index in [4.69, 9.17) is 111 Å². The zero-order chi connectivity index (χ0) is 97.8. The lowest BCUT2D eigenvalue weighted by Gasteiger charge is -2.12. The third-order valence-electron chi connectivity index (χ3n) is 22.7. The highest BCUT2D eigenvalue weighted by Crippen LogP contribution is 2.31. The molecular weight excluding hydrogens is 1880 g/mol. The predicted octanol–water partition coefficient (Wildman–Crippen LogP) is 22.5. The molecule has 137 heavy (non-hydrogen) atoms. The lowest BCUT2D eigenvalue weighted by molar-refractivity contribution is 0.141. The number of aromatic amines is 7. The van der Waals surface area contributed by atoms with Crippen LogP contribution < -0.4 is 48.4 Å². The summed E-state index contributed by atoms with van der Waals surface area (Å²) in [5.41, 5.74) is 15.7. The molecule has 0 aliphatic heterocycles. The number of H-pyrrole nitrogens is 7.